The monoisotopic (exact) mass is 501 g/mol. The first-order valence-corrected chi connectivity index (χ1v) is 13.5. The fourth-order valence-electron chi connectivity index (χ4n) is 5.09. The van der Waals surface area contributed by atoms with Crippen molar-refractivity contribution in [1.82, 2.24) is 24.4 Å². The van der Waals surface area contributed by atoms with Crippen molar-refractivity contribution in [1.29, 1.82) is 0 Å². The Bertz CT molecular complexity index is 1350. The second kappa shape index (κ2) is 9.54. The van der Waals surface area contributed by atoms with E-state index in [4.69, 9.17) is 0 Å². The fraction of sp³-hybridized carbons (Fsp3) is 0.259. The van der Waals surface area contributed by atoms with Gasteiger partial charge in [0.25, 0.3) is 0 Å². The van der Waals surface area contributed by atoms with Crippen molar-refractivity contribution in [3.63, 3.8) is 0 Å². The second-order valence-corrected chi connectivity index (χ2v) is 10.8. The van der Waals surface area contributed by atoms with Crippen LogP contribution in [0.25, 0.3) is 4.96 Å². The summed E-state index contributed by atoms with van der Waals surface area (Å²) in [7, 11) is 0. The molecule has 1 atom stereocenters. The molecule has 1 unspecified atom stereocenters. The number of hydrogen-bond acceptors (Lipinski definition) is 7. The molecule has 0 saturated carbocycles. The summed E-state index contributed by atoms with van der Waals surface area (Å²) in [5.41, 5.74) is 2.64. The number of aromatic hydroxyl groups is 1. The molecule has 2 aromatic carbocycles. The van der Waals surface area contributed by atoms with Gasteiger partial charge < -0.3 is 5.11 Å². The molecule has 5 aromatic rings. The van der Waals surface area contributed by atoms with Gasteiger partial charge in [0, 0.05) is 31.1 Å². The van der Waals surface area contributed by atoms with Crippen LogP contribution in [0, 0.1) is 6.92 Å². The van der Waals surface area contributed by atoms with Gasteiger partial charge in [-0.2, -0.15) is 4.52 Å². The van der Waals surface area contributed by atoms with Gasteiger partial charge >= 0.3 is 0 Å². The predicted octanol–water partition coefficient (Wildman–Crippen LogP) is 5.36. The first-order chi connectivity index (χ1) is 17.2. The highest BCUT2D eigenvalue weighted by molar-refractivity contribution is 7.17. The minimum atomic E-state index is -0.00198. The summed E-state index contributed by atoms with van der Waals surface area (Å²) in [5, 5.41) is 17.6. The molecule has 8 heteroatoms. The Morgan fingerprint density at radius 2 is 1.40 bits per heavy atom. The average molecular weight is 502 g/mol. The molecule has 1 fully saturated rings. The Morgan fingerprint density at radius 1 is 0.800 bits per heavy atom. The third-order valence-electron chi connectivity index (χ3n) is 6.68. The molecule has 1 aliphatic rings. The summed E-state index contributed by atoms with van der Waals surface area (Å²) in [4.78, 5) is 12.5. The zero-order valence-electron chi connectivity index (χ0n) is 19.5. The van der Waals surface area contributed by atoms with Crippen LogP contribution in [0.4, 0.5) is 0 Å². The average Bonchev–Trinajstić information content (AvgIpc) is 3.61. The second-order valence-electron chi connectivity index (χ2n) is 8.86. The number of nitrogens with zero attached hydrogens (tertiary/aromatic N) is 5. The molecule has 1 aliphatic heterocycles. The number of fused-ring (bicyclic) bond motifs is 1. The number of rotatable bonds is 6. The summed E-state index contributed by atoms with van der Waals surface area (Å²) in [6, 6.07) is 26.1. The van der Waals surface area contributed by atoms with Gasteiger partial charge in [0.2, 0.25) is 10.8 Å². The Labute approximate surface area is 212 Å². The van der Waals surface area contributed by atoms with E-state index in [2.05, 4.69) is 98.1 Å². The number of aromatic nitrogens is 3. The molecule has 6 rings (SSSR count). The molecular weight excluding hydrogens is 474 g/mol. The van der Waals surface area contributed by atoms with E-state index in [9.17, 15) is 5.11 Å². The van der Waals surface area contributed by atoms with E-state index in [-0.39, 0.29) is 18.0 Å². The molecule has 1 N–H and O–H groups in total. The normalized spacial score (nSPS) is 16.3. The minimum absolute atomic E-state index is 0.00198. The van der Waals surface area contributed by atoms with Gasteiger partial charge in [0.05, 0.1) is 17.0 Å². The maximum atomic E-state index is 11.1. The fourth-order valence-corrected chi connectivity index (χ4v) is 7.18. The maximum absolute atomic E-state index is 11.1. The molecule has 0 radical (unpaired) electrons. The van der Waals surface area contributed by atoms with Crippen LogP contribution in [0.15, 0.2) is 78.2 Å². The van der Waals surface area contributed by atoms with Crippen molar-refractivity contribution in [2.75, 3.05) is 26.2 Å². The summed E-state index contributed by atoms with van der Waals surface area (Å²) >= 11 is 3.27. The van der Waals surface area contributed by atoms with Gasteiger partial charge in [-0.25, -0.2) is 4.98 Å². The minimum Gasteiger partial charge on any atom is -0.492 e. The maximum Gasteiger partial charge on any atom is 0.230 e. The van der Waals surface area contributed by atoms with Gasteiger partial charge in [-0.1, -0.05) is 78.1 Å². The third kappa shape index (κ3) is 4.27. The van der Waals surface area contributed by atoms with Crippen molar-refractivity contribution in [3.05, 3.63) is 105 Å². The summed E-state index contributed by atoms with van der Waals surface area (Å²) in [6.07, 6.45) is 0. The van der Waals surface area contributed by atoms with Gasteiger partial charge in [0.1, 0.15) is 5.82 Å². The van der Waals surface area contributed by atoms with E-state index >= 15 is 0 Å². The number of thiazole rings is 1. The zero-order chi connectivity index (χ0) is 23.8. The third-order valence-corrected chi connectivity index (χ3v) is 8.67. The largest absolute Gasteiger partial charge is 0.492 e. The number of benzene rings is 2. The van der Waals surface area contributed by atoms with Gasteiger partial charge in [-0.05, 0) is 29.5 Å². The Balaban J connectivity index is 1.29. The van der Waals surface area contributed by atoms with Crippen LogP contribution >= 0.6 is 22.7 Å². The number of thiophene rings is 1. The number of aryl methyl sites for hydroxylation is 1. The van der Waals surface area contributed by atoms with Crippen molar-refractivity contribution < 1.29 is 5.11 Å². The van der Waals surface area contributed by atoms with E-state index in [1.807, 2.05) is 6.92 Å². The highest BCUT2D eigenvalue weighted by Gasteiger charge is 2.34. The molecule has 1 saturated heterocycles. The molecule has 35 heavy (non-hydrogen) atoms. The summed E-state index contributed by atoms with van der Waals surface area (Å²) < 4.78 is 1.58. The SMILES string of the molecule is Cc1nc2sc(C(c3cccs3)N3CCN(C(c4ccccc4)c4ccccc4)CC3)c(O)n2n1. The lowest BCUT2D eigenvalue weighted by Gasteiger charge is -2.42. The Kier molecular flexibility index (Phi) is 6.12. The quantitative estimate of drug-likeness (QED) is 0.339. The molecule has 0 amide bonds. The summed E-state index contributed by atoms with van der Waals surface area (Å²) in [5.74, 6) is 0.880. The lowest BCUT2D eigenvalue weighted by atomic mass is 9.96. The lowest BCUT2D eigenvalue weighted by molar-refractivity contribution is 0.0908. The number of hydrogen-bond donors (Lipinski definition) is 1. The highest BCUT2D eigenvalue weighted by Crippen LogP contribution is 2.42. The van der Waals surface area contributed by atoms with Crippen molar-refractivity contribution in [2.45, 2.75) is 19.0 Å². The van der Waals surface area contributed by atoms with Crippen LogP contribution in [-0.4, -0.2) is 55.7 Å². The smallest absolute Gasteiger partial charge is 0.230 e. The van der Waals surface area contributed by atoms with Crippen LogP contribution < -0.4 is 0 Å². The molecule has 0 spiro atoms. The number of piperazine rings is 1. The van der Waals surface area contributed by atoms with Gasteiger partial charge in [0.15, 0.2) is 0 Å². The molecule has 3 aromatic heterocycles. The van der Waals surface area contributed by atoms with Crippen LogP contribution in [-0.2, 0) is 0 Å². The van der Waals surface area contributed by atoms with Crippen LogP contribution in [0.2, 0.25) is 0 Å². The molecular formula is C27H27N5OS2. The van der Waals surface area contributed by atoms with Crippen molar-refractivity contribution >= 4 is 27.6 Å². The molecule has 4 heterocycles. The molecule has 6 nitrogen and oxygen atoms in total. The highest BCUT2D eigenvalue weighted by atomic mass is 32.1. The van der Waals surface area contributed by atoms with E-state index in [1.54, 1.807) is 15.9 Å². The topological polar surface area (TPSA) is 56.9 Å². The van der Waals surface area contributed by atoms with Crippen molar-refractivity contribution in [2.24, 2.45) is 0 Å². The van der Waals surface area contributed by atoms with E-state index in [1.165, 1.54) is 27.3 Å². The van der Waals surface area contributed by atoms with Gasteiger partial charge in [-0.15, -0.1) is 16.4 Å². The van der Waals surface area contributed by atoms with E-state index in [0.717, 1.165) is 36.0 Å². The first-order valence-electron chi connectivity index (χ1n) is 11.9. The Morgan fingerprint density at radius 3 is 1.94 bits per heavy atom. The van der Waals surface area contributed by atoms with Crippen LogP contribution in [0.1, 0.15) is 38.8 Å². The summed E-state index contributed by atoms with van der Waals surface area (Å²) in [6.45, 7) is 5.55. The van der Waals surface area contributed by atoms with Crippen LogP contribution in [0.3, 0.4) is 0 Å². The van der Waals surface area contributed by atoms with E-state index < -0.39 is 0 Å². The van der Waals surface area contributed by atoms with E-state index in [0.29, 0.717) is 5.82 Å². The standard InChI is InChI=1S/C27H27N5OS2/c1-19-28-27-32(29-19)26(33)25(35-27)24(22-13-8-18-34-22)31-16-14-30(15-17-31)23(20-9-4-2-5-10-20)21-11-6-3-7-12-21/h2-13,18,23-24,33H,14-17H2,1H3. The Hall–Kier alpha value is -3.04. The zero-order valence-corrected chi connectivity index (χ0v) is 21.1. The van der Waals surface area contributed by atoms with Crippen LogP contribution in [0.5, 0.6) is 5.88 Å². The molecule has 0 aliphatic carbocycles. The van der Waals surface area contributed by atoms with Gasteiger partial charge in [-0.3, -0.25) is 9.80 Å². The molecule has 0 bridgehead atoms. The lowest BCUT2D eigenvalue weighted by Crippen LogP contribution is -2.48. The van der Waals surface area contributed by atoms with Crippen molar-refractivity contribution in [3.8, 4) is 5.88 Å². The molecule has 178 valence electrons. The first kappa shape index (κ1) is 22.4. The predicted molar refractivity (Wildman–Crippen MR) is 141 cm³/mol.